The molecule has 0 nitrogen and oxygen atoms in total. The SMILES string of the molecule is C.CC.CCC.CCCCc1ccc(C)cc1C. The molecule has 0 heteroatoms. The van der Waals surface area contributed by atoms with Crippen LogP contribution in [-0.4, -0.2) is 0 Å². The van der Waals surface area contributed by atoms with Crippen molar-refractivity contribution >= 4 is 0 Å². The Hall–Kier alpha value is -0.780. The molecule has 0 aliphatic heterocycles. The summed E-state index contributed by atoms with van der Waals surface area (Å²) >= 11 is 0. The standard InChI is InChI=1S/C12H18.C3H8.C2H6.CH4/c1-4-5-6-12-8-7-10(2)9-11(12)3;1-3-2;1-2;/h7-9H,4-6H2,1-3H3;3H2,1-2H3;1-2H3;1H4. The Morgan fingerprint density at radius 3 is 1.83 bits per heavy atom. The first-order chi connectivity index (χ1) is 8.15. The van der Waals surface area contributed by atoms with Gasteiger partial charge in [-0.1, -0.05) is 78.6 Å². The Morgan fingerprint density at radius 1 is 0.944 bits per heavy atom. The molecule has 0 spiro atoms. The van der Waals surface area contributed by atoms with Gasteiger partial charge < -0.3 is 0 Å². The molecule has 0 heterocycles. The Kier molecular flexibility index (Phi) is 20.2. The summed E-state index contributed by atoms with van der Waals surface area (Å²) in [4.78, 5) is 0. The molecule has 1 aromatic carbocycles. The molecule has 0 atom stereocenters. The molecule has 0 saturated carbocycles. The van der Waals surface area contributed by atoms with Crippen LogP contribution < -0.4 is 0 Å². The van der Waals surface area contributed by atoms with E-state index in [0.717, 1.165) is 0 Å². The summed E-state index contributed by atoms with van der Waals surface area (Å²) in [6.45, 7) is 14.8. The predicted octanol–water partition coefficient (Wildman–Crippen LogP) is 6.72. The maximum absolute atomic E-state index is 2.27. The third-order valence-corrected chi connectivity index (χ3v) is 2.30. The summed E-state index contributed by atoms with van der Waals surface area (Å²) in [5.41, 5.74) is 4.33. The Balaban J connectivity index is -0.000000329. The third-order valence-electron chi connectivity index (χ3n) is 2.30. The van der Waals surface area contributed by atoms with Crippen LogP contribution in [0.2, 0.25) is 0 Å². The second-order valence-corrected chi connectivity index (χ2v) is 4.24. The highest BCUT2D eigenvalue weighted by molar-refractivity contribution is 5.30. The Bertz CT molecular complexity index is 261. The van der Waals surface area contributed by atoms with Gasteiger partial charge in [0.25, 0.3) is 0 Å². The normalized spacial score (nSPS) is 8.17. The van der Waals surface area contributed by atoms with E-state index in [2.05, 4.69) is 52.8 Å². The van der Waals surface area contributed by atoms with Crippen molar-refractivity contribution in [2.24, 2.45) is 0 Å². The predicted molar refractivity (Wildman–Crippen MR) is 88.6 cm³/mol. The molecule has 0 radical (unpaired) electrons. The fourth-order valence-electron chi connectivity index (χ4n) is 1.49. The molecule has 0 aliphatic rings. The van der Waals surface area contributed by atoms with Crippen molar-refractivity contribution in [1.82, 2.24) is 0 Å². The van der Waals surface area contributed by atoms with Gasteiger partial charge in [0, 0.05) is 0 Å². The summed E-state index contributed by atoms with van der Waals surface area (Å²) in [6, 6.07) is 6.74. The van der Waals surface area contributed by atoms with E-state index in [4.69, 9.17) is 0 Å². The first-order valence-electron chi connectivity index (χ1n) is 7.21. The molecule has 0 saturated heterocycles. The van der Waals surface area contributed by atoms with Crippen LogP contribution in [0, 0.1) is 13.8 Å². The zero-order valence-corrected chi connectivity index (χ0v) is 13.1. The summed E-state index contributed by atoms with van der Waals surface area (Å²) in [6.07, 6.45) is 5.08. The zero-order chi connectivity index (χ0) is 13.7. The van der Waals surface area contributed by atoms with Gasteiger partial charge >= 0.3 is 0 Å². The minimum atomic E-state index is 0. The van der Waals surface area contributed by atoms with Crippen LogP contribution in [0.5, 0.6) is 0 Å². The van der Waals surface area contributed by atoms with E-state index in [-0.39, 0.29) is 7.43 Å². The lowest BCUT2D eigenvalue weighted by Gasteiger charge is -2.05. The van der Waals surface area contributed by atoms with E-state index in [0.29, 0.717) is 0 Å². The van der Waals surface area contributed by atoms with E-state index < -0.39 is 0 Å². The van der Waals surface area contributed by atoms with Crippen LogP contribution in [0.4, 0.5) is 0 Å². The van der Waals surface area contributed by atoms with Gasteiger partial charge in [-0.3, -0.25) is 0 Å². The van der Waals surface area contributed by atoms with Crippen LogP contribution in [0.3, 0.4) is 0 Å². The fourth-order valence-corrected chi connectivity index (χ4v) is 1.49. The molecule has 1 aromatic rings. The Labute approximate surface area is 117 Å². The molecular formula is C18H36. The van der Waals surface area contributed by atoms with Gasteiger partial charge in [0.2, 0.25) is 0 Å². The van der Waals surface area contributed by atoms with Gasteiger partial charge in [-0.15, -0.1) is 0 Å². The fraction of sp³-hybridized carbons (Fsp3) is 0.667. The summed E-state index contributed by atoms with van der Waals surface area (Å²) in [7, 11) is 0. The smallest absolute Gasteiger partial charge is 0.0276 e. The van der Waals surface area contributed by atoms with Crippen molar-refractivity contribution in [1.29, 1.82) is 0 Å². The van der Waals surface area contributed by atoms with E-state index >= 15 is 0 Å². The number of rotatable bonds is 3. The van der Waals surface area contributed by atoms with Crippen molar-refractivity contribution in [3.8, 4) is 0 Å². The average molecular weight is 252 g/mol. The molecule has 108 valence electrons. The van der Waals surface area contributed by atoms with Crippen LogP contribution >= 0.6 is 0 Å². The second kappa shape index (κ2) is 16.2. The maximum Gasteiger partial charge on any atom is -0.0276 e. The molecular weight excluding hydrogens is 216 g/mol. The highest BCUT2D eigenvalue weighted by Crippen LogP contribution is 2.12. The molecule has 0 amide bonds. The van der Waals surface area contributed by atoms with Crippen molar-refractivity contribution in [2.75, 3.05) is 0 Å². The first-order valence-corrected chi connectivity index (χ1v) is 7.21. The van der Waals surface area contributed by atoms with Gasteiger partial charge in [0.1, 0.15) is 0 Å². The van der Waals surface area contributed by atoms with Crippen molar-refractivity contribution in [2.45, 2.75) is 81.6 Å². The molecule has 18 heavy (non-hydrogen) atoms. The summed E-state index contributed by atoms with van der Waals surface area (Å²) < 4.78 is 0. The lowest BCUT2D eigenvalue weighted by atomic mass is 10.0. The van der Waals surface area contributed by atoms with E-state index in [1.807, 2.05) is 13.8 Å². The van der Waals surface area contributed by atoms with Crippen LogP contribution in [0.25, 0.3) is 0 Å². The monoisotopic (exact) mass is 252 g/mol. The first kappa shape index (κ1) is 22.4. The number of benzene rings is 1. The van der Waals surface area contributed by atoms with Gasteiger partial charge in [-0.25, -0.2) is 0 Å². The maximum atomic E-state index is 2.27. The molecule has 0 aromatic heterocycles. The Morgan fingerprint density at radius 2 is 1.44 bits per heavy atom. The number of hydrogen-bond acceptors (Lipinski definition) is 0. The molecule has 0 N–H and O–H groups in total. The molecule has 0 unspecified atom stereocenters. The lowest BCUT2D eigenvalue weighted by Crippen LogP contribution is -1.89. The number of hydrogen-bond donors (Lipinski definition) is 0. The average Bonchev–Trinajstić information content (AvgIpc) is 2.32. The molecule has 0 fully saturated rings. The second-order valence-electron chi connectivity index (χ2n) is 4.24. The number of aryl methyl sites for hydroxylation is 3. The van der Waals surface area contributed by atoms with Crippen molar-refractivity contribution in [3.05, 3.63) is 34.9 Å². The van der Waals surface area contributed by atoms with Gasteiger partial charge in [0.05, 0.1) is 0 Å². The minimum absolute atomic E-state index is 0. The van der Waals surface area contributed by atoms with Gasteiger partial charge in [0.15, 0.2) is 0 Å². The van der Waals surface area contributed by atoms with Gasteiger partial charge in [-0.2, -0.15) is 0 Å². The molecule has 0 aliphatic carbocycles. The van der Waals surface area contributed by atoms with Crippen molar-refractivity contribution < 1.29 is 0 Å². The third kappa shape index (κ3) is 11.7. The van der Waals surface area contributed by atoms with E-state index in [9.17, 15) is 0 Å². The van der Waals surface area contributed by atoms with Crippen LogP contribution in [-0.2, 0) is 6.42 Å². The van der Waals surface area contributed by atoms with Crippen LogP contribution in [0.1, 0.15) is 78.0 Å². The zero-order valence-electron chi connectivity index (χ0n) is 13.1. The van der Waals surface area contributed by atoms with E-state index in [1.165, 1.54) is 42.4 Å². The molecule has 1 rings (SSSR count). The highest BCUT2D eigenvalue weighted by atomic mass is 14.0. The highest BCUT2D eigenvalue weighted by Gasteiger charge is 1.96. The van der Waals surface area contributed by atoms with Crippen molar-refractivity contribution in [3.63, 3.8) is 0 Å². The topological polar surface area (TPSA) is 0 Å². The quantitative estimate of drug-likeness (QED) is 0.560. The minimum Gasteiger partial charge on any atom is -0.0776 e. The largest absolute Gasteiger partial charge is 0.0776 e. The molecule has 0 bridgehead atoms. The number of unbranched alkanes of at least 4 members (excludes halogenated alkanes) is 1. The van der Waals surface area contributed by atoms with E-state index in [1.54, 1.807) is 0 Å². The van der Waals surface area contributed by atoms with Crippen LogP contribution in [0.15, 0.2) is 18.2 Å². The van der Waals surface area contributed by atoms with Gasteiger partial charge in [-0.05, 0) is 37.8 Å². The summed E-state index contributed by atoms with van der Waals surface area (Å²) in [5.74, 6) is 0. The summed E-state index contributed by atoms with van der Waals surface area (Å²) in [5, 5.41) is 0. The lowest BCUT2D eigenvalue weighted by molar-refractivity contribution is 0.791.